The molecule has 0 atom stereocenters. The van der Waals surface area contributed by atoms with Crippen LogP contribution in [0, 0.1) is 5.41 Å². The quantitative estimate of drug-likeness (QED) is 0.926. The molecule has 6 heteroatoms. The molecule has 1 aliphatic carbocycles. The van der Waals surface area contributed by atoms with E-state index in [0.717, 1.165) is 45.2 Å². The van der Waals surface area contributed by atoms with Crippen LogP contribution in [0.1, 0.15) is 61.8 Å². The third kappa shape index (κ3) is 2.51. The summed E-state index contributed by atoms with van der Waals surface area (Å²) in [5, 5.41) is 13.1. The summed E-state index contributed by atoms with van der Waals surface area (Å²) in [6, 6.07) is 0.191. The summed E-state index contributed by atoms with van der Waals surface area (Å²) >= 11 is 0. The highest BCUT2D eigenvalue weighted by molar-refractivity contribution is 5.86. The largest absolute Gasteiger partial charge is 0.478 e. The second-order valence-electron chi connectivity index (χ2n) is 6.52. The van der Waals surface area contributed by atoms with Gasteiger partial charge in [-0.05, 0) is 32.1 Å². The zero-order valence-corrected chi connectivity index (χ0v) is 13.0. The predicted molar refractivity (Wildman–Crippen MR) is 80.6 cm³/mol. The fraction of sp³-hybridized carbons (Fsp3) is 0.688. The number of aromatic carboxylic acids is 1. The van der Waals surface area contributed by atoms with Crippen LogP contribution in [-0.2, 0) is 4.79 Å². The molecule has 0 unspecified atom stereocenters. The fourth-order valence-electron chi connectivity index (χ4n) is 3.64. The molecule has 3 rings (SSSR count). The van der Waals surface area contributed by atoms with Crippen LogP contribution in [-0.4, -0.2) is 44.8 Å². The topological polar surface area (TPSA) is 75.4 Å². The summed E-state index contributed by atoms with van der Waals surface area (Å²) in [4.78, 5) is 25.6. The highest BCUT2D eigenvalue weighted by Crippen LogP contribution is 2.45. The molecule has 120 valence electrons. The van der Waals surface area contributed by atoms with Crippen molar-refractivity contribution in [1.82, 2.24) is 14.7 Å². The van der Waals surface area contributed by atoms with E-state index in [1.54, 1.807) is 10.9 Å². The fourth-order valence-corrected chi connectivity index (χ4v) is 3.64. The van der Waals surface area contributed by atoms with Crippen molar-refractivity contribution in [2.75, 3.05) is 13.1 Å². The van der Waals surface area contributed by atoms with E-state index in [2.05, 4.69) is 12.0 Å². The van der Waals surface area contributed by atoms with Crippen molar-refractivity contribution in [3.8, 4) is 0 Å². The number of carboxylic acids is 1. The lowest BCUT2D eigenvalue weighted by atomic mass is 9.66. The van der Waals surface area contributed by atoms with E-state index in [-0.39, 0.29) is 17.0 Å². The van der Waals surface area contributed by atoms with Crippen molar-refractivity contribution < 1.29 is 14.7 Å². The number of piperidine rings is 1. The van der Waals surface area contributed by atoms with Crippen LogP contribution >= 0.6 is 0 Å². The number of carbonyl (C=O) groups excluding carboxylic acids is 1. The van der Waals surface area contributed by atoms with Gasteiger partial charge in [0, 0.05) is 24.7 Å². The van der Waals surface area contributed by atoms with Gasteiger partial charge in [-0.1, -0.05) is 13.3 Å². The van der Waals surface area contributed by atoms with Gasteiger partial charge in [-0.3, -0.25) is 9.48 Å². The lowest BCUT2D eigenvalue weighted by Crippen LogP contribution is -2.50. The first kappa shape index (κ1) is 15.1. The molecular weight excluding hydrogens is 282 g/mol. The van der Waals surface area contributed by atoms with Crippen LogP contribution in [0.15, 0.2) is 12.4 Å². The molecule has 2 aliphatic rings. The third-order valence-electron chi connectivity index (χ3n) is 5.42. The van der Waals surface area contributed by atoms with E-state index in [0.29, 0.717) is 5.91 Å². The predicted octanol–water partition coefficient (Wildman–Crippen LogP) is 2.33. The molecule has 0 spiro atoms. The Morgan fingerprint density at radius 1 is 1.36 bits per heavy atom. The van der Waals surface area contributed by atoms with Crippen molar-refractivity contribution in [2.24, 2.45) is 5.41 Å². The average molecular weight is 305 g/mol. The van der Waals surface area contributed by atoms with Gasteiger partial charge in [0.25, 0.3) is 0 Å². The number of nitrogens with zero attached hydrogens (tertiary/aromatic N) is 3. The maximum absolute atomic E-state index is 12.7. The number of carboxylic acid groups (broad SMARTS) is 1. The Morgan fingerprint density at radius 2 is 2.05 bits per heavy atom. The lowest BCUT2D eigenvalue weighted by Gasteiger charge is -2.44. The number of likely N-dealkylation sites (tertiary alicyclic amines) is 1. The Balaban J connectivity index is 1.60. The molecule has 22 heavy (non-hydrogen) atoms. The Morgan fingerprint density at radius 3 is 2.50 bits per heavy atom. The number of rotatable bonds is 4. The lowest BCUT2D eigenvalue weighted by molar-refractivity contribution is -0.149. The summed E-state index contributed by atoms with van der Waals surface area (Å²) in [6.07, 6.45) is 8.82. The van der Waals surface area contributed by atoms with Crippen LogP contribution < -0.4 is 0 Å². The molecule has 2 fully saturated rings. The highest BCUT2D eigenvalue weighted by atomic mass is 16.4. The summed E-state index contributed by atoms with van der Waals surface area (Å²) < 4.78 is 1.74. The average Bonchev–Trinajstić information content (AvgIpc) is 2.97. The molecule has 6 nitrogen and oxygen atoms in total. The van der Waals surface area contributed by atoms with E-state index in [1.165, 1.54) is 12.6 Å². The molecule has 1 saturated heterocycles. The monoisotopic (exact) mass is 305 g/mol. The van der Waals surface area contributed by atoms with Crippen LogP contribution in [0.25, 0.3) is 0 Å². The first-order valence-corrected chi connectivity index (χ1v) is 8.12. The third-order valence-corrected chi connectivity index (χ3v) is 5.42. The van der Waals surface area contributed by atoms with Crippen molar-refractivity contribution in [3.05, 3.63) is 18.0 Å². The van der Waals surface area contributed by atoms with Gasteiger partial charge in [-0.2, -0.15) is 5.10 Å². The van der Waals surface area contributed by atoms with Crippen LogP contribution in [0.4, 0.5) is 0 Å². The van der Waals surface area contributed by atoms with Crippen molar-refractivity contribution >= 4 is 11.9 Å². The number of hydrogen-bond donors (Lipinski definition) is 1. The molecule has 0 radical (unpaired) electrons. The van der Waals surface area contributed by atoms with Gasteiger partial charge in [0.05, 0.1) is 17.8 Å². The molecule has 1 amide bonds. The smallest absolute Gasteiger partial charge is 0.338 e. The molecule has 2 heterocycles. The van der Waals surface area contributed by atoms with E-state index in [9.17, 15) is 9.59 Å². The second-order valence-corrected chi connectivity index (χ2v) is 6.52. The van der Waals surface area contributed by atoms with E-state index in [4.69, 9.17) is 5.11 Å². The van der Waals surface area contributed by atoms with E-state index in [1.807, 2.05) is 4.90 Å². The first-order valence-electron chi connectivity index (χ1n) is 8.12. The van der Waals surface area contributed by atoms with Gasteiger partial charge in [0.1, 0.15) is 0 Å². The second kappa shape index (κ2) is 5.74. The Kier molecular flexibility index (Phi) is 3.93. The summed E-state index contributed by atoms with van der Waals surface area (Å²) in [5.74, 6) is -0.625. The first-order chi connectivity index (χ1) is 10.6. The molecule has 0 bridgehead atoms. The summed E-state index contributed by atoms with van der Waals surface area (Å²) in [6.45, 7) is 3.60. The van der Waals surface area contributed by atoms with E-state index >= 15 is 0 Å². The van der Waals surface area contributed by atoms with Crippen LogP contribution in [0.5, 0.6) is 0 Å². The zero-order chi connectivity index (χ0) is 15.7. The Bertz CT molecular complexity index is 563. The summed E-state index contributed by atoms with van der Waals surface area (Å²) in [5.41, 5.74) is 0.132. The number of amides is 1. The molecule has 0 aromatic carbocycles. The van der Waals surface area contributed by atoms with Gasteiger partial charge < -0.3 is 10.0 Å². The van der Waals surface area contributed by atoms with Crippen LogP contribution in [0.3, 0.4) is 0 Å². The number of hydrogen-bond acceptors (Lipinski definition) is 3. The summed E-state index contributed by atoms with van der Waals surface area (Å²) in [7, 11) is 0. The SMILES string of the molecule is CCC1(C(=O)N2CCC(n3cc(C(=O)O)cn3)CC2)CCC1. The van der Waals surface area contributed by atoms with Gasteiger partial charge in [0.15, 0.2) is 0 Å². The number of carbonyl (C=O) groups is 2. The van der Waals surface area contributed by atoms with Crippen molar-refractivity contribution in [2.45, 2.75) is 51.5 Å². The molecule has 1 aromatic heterocycles. The normalized spacial score (nSPS) is 21.4. The van der Waals surface area contributed by atoms with Gasteiger partial charge in [0.2, 0.25) is 5.91 Å². The van der Waals surface area contributed by atoms with Gasteiger partial charge >= 0.3 is 5.97 Å². The van der Waals surface area contributed by atoms with Crippen molar-refractivity contribution in [1.29, 1.82) is 0 Å². The standard InChI is InChI=1S/C16H23N3O3/c1-2-16(6-3-7-16)15(22)18-8-4-13(5-9-18)19-11-12(10-17-19)14(20)21/h10-11,13H,2-9H2,1H3,(H,20,21). The molecule has 1 aromatic rings. The Hall–Kier alpha value is -1.85. The highest BCUT2D eigenvalue weighted by Gasteiger charge is 2.45. The Labute approximate surface area is 130 Å². The minimum Gasteiger partial charge on any atom is -0.478 e. The minimum absolute atomic E-state index is 0.0883. The molecular formula is C16H23N3O3. The minimum atomic E-state index is -0.950. The van der Waals surface area contributed by atoms with Gasteiger partial charge in [-0.15, -0.1) is 0 Å². The maximum atomic E-state index is 12.7. The zero-order valence-electron chi connectivity index (χ0n) is 13.0. The number of aromatic nitrogens is 2. The van der Waals surface area contributed by atoms with Crippen molar-refractivity contribution in [3.63, 3.8) is 0 Å². The molecule has 1 aliphatic heterocycles. The molecule has 1 N–H and O–H groups in total. The van der Waals surface area contributed by atoms with Gasteiger partial charge in [-0.25, -0.2) is 4.79 Å². The molecule has 1 saturated carbocycles. The van der Waals surface area contributed by atoms with Crippen LogP contribution in [0.2, 0.25) is 0 Å². The maximum Gasteiger partial charge on any atom is 0.338 e. The van der Waals surface area contributed by atoms with E-state index < -0.39 is 5.97 Å².